The molecule has 0 aliphatic rings. The predicted octanol–water partition coefficient (Wildman–Crippen LogP) is 4.98. The van der Waals surface area contributed by atoms with Crippen LogP contribution < -0.4 is 15.4 Å². The number of anilines is 2. The van der Waals surface area contributed by atoms with E-state index in [1.165, 1.54) is 41.7 Å². The fraction of sp³-hybridized carbons (Fsp3) is 0.182. The van der Waals surface area contributed by atoms with Crippen molar-refractivity contribution in [3.8, 4) is 0 Å². The van der Waals surface area contributed by atoms with Gasteiger partial charge < -0.3 is 10.6 Å². The second-order valence-corrected chi connectivity index (χ2v) is 11.0. The highest BCUT2D eigenvalue weighted by Crippen LogP contribution is 2.25. The summed E-state index contributed by atoms with van der Waals surface area (Å²) in [6.45, 7) is 5.22. The topological polar surface area (TPSA) is 104 Å². The standard InChI is InChI=1S/C22H22ClN3O4S2/c1-22(2,3)26-32(29,30)16-7-4-6-15(13-16)24-20(27)14-9-10-17(23)18(12-14)25-21(28)19-8-5-11-31-19/h4-13,26H,1-3H3,(H,24,27)(H,25,28). The van der Waals surface area contributed by atoms with Crippen LogP contribution in [0.25, 0.3) is 0 Å². The molecule has 0 atom stereocenters. The molecule has 10 heteroatoms. The van der Waals surface area contributed by atoms with Crippen molar-refractivity contribution in [1.29, 1.82) is 0 Å². The Kier molecular flexibility index (Phi) is 7.04. The van der Waals surface area contributed by atoms with Crippen LogP contribution in [-0.4, -0.2) is 25.8 Å². The van der Waals surface area contributed by atoms with E-state index in [1.807, 2.05) is 0 Å². The summed E-state index contributed by atoms with van der Waals surface area (Å²) >= 11 is 7.46. The molecule has 0 bridgehead atoms. The first-order chi connectivity index (χ1) is 14.9. The molecule has 3 aromatic rings. The molecule has 2 amide bonds. The Morgan fingerprint density at radius 1 is 0.938 bits per heavy atom. The Hall–Kier alpha value is -2.72. The number of hydrogen-bond acceptors (Lipinski definition) is 5. The Morgan fingerprint density at radius 2 is 1.69 bits per heavy atom. The molecule has 0 fully saturated rings. The smallest absolute Gasteiger partial charge is 0.265 e. The molecule has 7 nitrogen and oxygen atoms in total. The summed E-state index contributed by atoms with van der Waals surface area (Å²) < 4.78 is 27.7. The number of carbonyl (C=O) groups is 2. The van der Waals surface area contributed by atoms with E-state index >= 15 is 0 Å². The number of benzene rings is 2. The quantitative estimate of drug-likeness (QED) is 0.452. The van der Waals surface area contributed by atoms with Crippen molar-refractivity contribution >= 4 is 56.2 Å². The van der Waals surface area contributed by atoms with Crippen LogP contribution in [0.2, 0.25) is 5.02 Å². The van der Waals surface area contributed by atoms with Gasteiger partial charge in [-0.15, -0.1) is 11.3 Å². The number of thiophene rings is 1. The van der Waals surface area contributed by atoms with Gasteiger partial charge in [0.1, 0.15) is 0 Å². The molecular formula is C22H22ClN3O4S2. The molecule has 1 aromatic heterocycles. The molecular weight excluding hydrogens is 470 g/mol. The van der Waals surface area contributed by atoms with Crippen molar-refractivity contribution in [1.82, 2.24) is 4.72 Å². The van der Waals surface area contributed by atoms with Crippen molar-refractivity contribution in [2.24, 2.45) is 0 Å². The van der Waals surface area contributed by atoms with Gasteiger partial charge in [0, 0.05) is 16.8 Å². The maximum atomic E-state index is 12.8. The van der Waals surface area contributed by atoms with Gasteiger partial charge in [0.05, 0.1) is 20.5 Å². The molecule has 3 rings (SSSR count). The second-order valence-electron chi connectivity index (χ2n) is 7.96. The highest BCUT2D eigenvalue weighted by atomic mass is 35.5. The average Bonchev–Trinajstić information content (AvgIpc) is 3.23. The number of amides is 2. The molecule has 0 saturated heterocycles. The van der Waals surface area contributed by atoms with Gasteiger partial charge in [-0.25, -0.2) is 13.1 Å². The van der Waals surface area contributed by atoms with Crippen molar-refractivity contribution in [2.45, 2.75) is 31.2 Å². The van der Waals surface area contributed by atoms with Gasteiger partial charge in [0.25, 0.3) is 11.8 Å². The van der Waals surface area contributed by atoms with Crippen molar-refractivity contribution < 1.29 is 18.0 Å². The number of sulfonamides is 1. The van der Waals surface area contributed by atoms with Crippen molar-refractivity contribution in [3.05, 3.63) is 75.4 Å². The monoisotopic (exact) mass is 491 g/mol. The molecule has 3 N–H and O–H groups in total. The minimum absolute atomic E-state index is 0.0326. The van der Waals surface area contributed by atoms with Gasteiger partial charge in [0.15, 0.2) is 0 Å². The van der Waals surface area contributed by atoms with Crippen molar-refractivity contribution in [2.75, 3.05) is 10.6 Å². The molecule has 0 spiro atoms. The van der Waals surface area contributed by atoms with E-state index in [0.717, 1.165) is 0 Å². The van der Waals surface area contributed by atoms with E-state index in [4.69, 9.17) is 11.6 Å². The first kappa shape index (κ1) is 23.9. The van der Waals surface area contributed by atoms with Crippen LogP contribution >= 0.6 is 22.9 Å². The van der Waals surface area contributed by atoms with Crippen LogP contribution in [0.15, 0.2) is 64.9 Å². The lowest BCUT2D eigenvalue weighted by Crippen LogP contribution is -2.40. The lowest BCUT2D eigenvalue weighted by atomic mass is 10.1. The summed E-state index contributed by atoms with van der Waals surface area (Å²) in [4.78, 5) is 25.6. The Bertz CT molecular complexity index is 1250. The highest BCUT2D eigenvalue weighted by molar-refractivity contribution is 7.89. The SMILES string of the molecule is CC(C)(C)NS(=O)(=O)c1cccc(NC(=O)c2ccc(Cl)c(NC(=O)c3cccs3)c2)c1. The Labute approximate surface area is 195 Å². The first-order valence-corrected chi connectivity index (χ1v) is 12.3. The average molecular weight is 492 g/mol. The maximum absolute atomic E-state index is 12.8. The van der Waals surface area contributed by atoms with Gasteiger partial charge in [0.2, 0.25) is 10.0 Å². The van der Waals surface area contributed by atoms with Crippen LogP contribution in [0.5, 0.6) is 0 Å². The highest BCUT2D eigenvalue weighted by Gasteiger charge is 2.22. The van der Waals surface area contributed by atoms with Gasteiger partial charge in [-0.1, -0.05) is 23.7 Å². The lowest BCUT2D eigenvalue weighted by molar-refractivity contribution is 0.101. The molecule has 0 aliphatic carbocycles. The van der Waals surface area contributed by atoms with E-state index in [1.54, 1.807) is 50.4 Å². The summed E-state index contributed by atoms with van der Waals surface area (Å²) in [5, 5.41) is 7.44. The minimum Gasteiger partial charge on any atom is -0.322 e. The summed E-state index contributed by atoms with van der Waals surface area (Å²) in [6, 6.07) is 13.9. The predicted molar refractivity (Wildman–Crippen MR) is 128 cm³/mol. The van der Waals surface area contributed by atoms with Gasteiger partial charge >= 0.3 is 0 Å². The molecule has 0 unspecified atom stereocenters. The van der Waals surface area contributed by atoms with E-state index in [2.05, 4.69) is 15.4 Å². The first-order valence-electron chi connectivity index (χ1n) is 9.54. The minimum atomic E-state index is -3.75. The van der Waals surface area contributed by atoms with Gasteiger partial charge in [-0.2, -0.15) is 0 Å². The normalized spacial score (nSPS) is 11.8. The summed E-state index contributed by atoms with van der Waals surface area (Å²) in [7, 11) is -3.75. The number of rotatable bonds is 6. The third kappa shape index (κ3) is 6.17. The fourth-order valence-corrected chi connectivity index (χ4v) is 5.01. The third-order valence-electron chi connectivity index (χ3n) is 4.06. The van der Waals surface area contributed by atoms with Gasteiger partial charge in [-0.05, 0) is 68.6 Å². The van der Waals surface area contributed by atoms with E-state index < -0.39 is 21.5 Å². The molecule has 0 radical (unpaired) electrons. The zero-order chi connectivity index (χ0) is 23.5. The number of halogens is 1. The molecule has 0 aliphatic heterocycles. The van der Waals surface area contributed by atoms with Gasteiger partial charge in [-0.3, -0.25) is 9.59 Å². The fourth-order valence-electron chi connectivity index (χ4n) is 2.76. The number of nitrogens with one attached hydrogen (secondary N) is 3. The zero-order valence-electron chi connectivity index (χ0n) is 17.6. The summed E-state index contributed by atoms with van der Waals surface area (Å²) in [5.41, 5.74) is 0.206. The number of carbonyl (C=O) groups excluding carboxylic acids is 2. The second kappa shape index (κ2) is 9.41. The van der Waals surface area contributed by atoms with Crippen LogP contribution in [0.3, 0.4) is 0 Å². The molecule has 0 saturated carbocycles. The lowest BCUT2D eigenvalue weighted by Gasteiger charge is -2.20. The van der Waals surface area contributed by atoms with Crippen LogP contribution in [-0.2, 0) is 10.0 Å². The summed E-state index contributed by atoms with van der Waals surface area (Å²) in [6.07, 6.45) is 0. The van der Waals surface area contributed by atoms with E-state index in [0.29, 0.717) is 16.3 Å². The van der Waals surface area contributed by atoms with Crippen molar-refractivity contribution in [3.63, 3.8) is 0 Å². The largest absolute Gasteiger partial charge is 0.322 e. The zero-order valence-corrected chi connectivity index (χ0v) is 20.0. The molecule has 2 aromatic carbocycles. The number of hydrogen-bond donors (Lipinski definition) is 3. The van der Waals surface area contributed by atoms with E-state index in [9.17, 15) is 18.0 Å². The molecule has 1 heterocycles. The molecule has 32 heavy (non-hydrogen) atoms. The van der Waals surface area contributed by atoms with Crippen LogP contribution in [0.1, 0.15) is 40.8 Å². The molecule has 168 valence electrons. The maximum Gasteiger partial charge on any atom is 0.265 e. The third-order valence-corrected chi connectivity index (χ3v) is 7.02. The summed E-state index contributed by atoms with van der Waals surface area (Å²) in [5.74, 6) is -0.810. The van der Waals surface area contributed by atoms with E-state index in [-0.39, 0.29) is 21.4 Å². The van der Waals surface area contributed by atoms with Crippen LogP contribution in [0, 0.1) is 0 Å². The van der Waals surface area contributed by atoms with Crippen LogP contribution in [0.4, 0.5) is 11.4 Å². The Balaban J connectivity index is 1.78. The Morgan fingerprint density at radius 3 is 2.34 bits per heavy atom.